The normalized spacial score (nSPS) is 32.0. The van der Waals surface area contributed by atoms with Gasteiger partial charge >= 0.3 is 0 Å². The minimum absolute atomic E-state index is 0.675. The topological polar surface area (TPSA) is 3.24 Å². The Morgan fingerprint density at radius 1 is 1.45 bits per heavy atom. The van der Waals surface area contributed by atoms with Gasteiger partial charge in [0, 0.05) is 12.6 Å². The van der Waals surface area contributed by atoms with Crippen LogP contribution >= 0.6 is 0 Å². The summed E-state index contributed by atoms with van der Waals surface area (Å²) in [6, 6.07) is 0.675. The highest BCUT2D eigenvalue weighted by atomic mass is 15.2. The van der Waals surface area contributed by atoms with Crippen molar-refractivity contribution in [3.05, 3.63) is 24.3 Å². The van der Waals surface area contributed by atoms with E-state index in [1.807, 2.05) is 0 Å². The van der Waals surface area contributed by atoms with Crippen molar-refractivity contribution in [2.45, 2.75) is 25.3 Å². The van der Waals surface area contributed by atoms with Crippen LogP contribution in [0.4, 0.5) is 0 Å². The van der Waals surface area contributed by atoms with E-state index < -0.39 is 0 Å². The van der Waals surface area contributed by atoms with Gasteiger partial charge in [-0.25, -0.2) is 0 Å². The van der Waals surface area contributed by atoms with Gasteiger partial charge in [-0.2, -0.15) is 0 Å². The molecule has 2 aliphatic rings. The quantitative estimate of drug-likeness (QED) is 0.476. The fourth-order valence-corrected chi connectivity index (χ4v) is 2.06. The summed E-state index contributed by atoms with van der Waals surface area (Å²) < 4.78 is 0. The molecular weight excluding hydrogens is 134 g/mol. The molecule has 0 spiro atoms. The fourth-order valence-electron chi connectivity index (χ4n) is 2.06. The molecule has 0 aromatic rings. The van der Waals surface area contributed by atoms with Crippen LogP contribution in [0.15, 0.2) is 24.3 Å². The molecule has 0 aromatic carbocycles. The van der Waals surface area contributed by atoms with Gasteiger partial charge in [-0.1, -0.05) is 24.3 Å². The molecule has 2 heterocycles. The smallest absolute Gasteiger partial charge is 0.0342 e. The summed E-state index contributed by atoms with van der Waals surface area (Å²) >= 11 is 0. The van der Waals surface area contributed by atoms with Crippen LogP contribution in [0.1, 0.15) is 19.3 Å². The Morgan fingerprint density at radius 3 is 3.18 bits per heavy atom. The highest BCUT2D eigenvalue weighted by Crippen LogP contribution is 2.25. The summed E-state index contributed by atoms with van der Waals surface area (Å²) in [4.78, 5) is 2.53. The molecule has 1 fully saturated rings. The number of hydrogen-bond acceptors (Lipinski definition) is 1. The lowest BCUT2D eigenvalue weighted by Crippen LogP contribution is -2.42. The number of rotatable bonds is 0. The molecule has 60 valence electrons. The van der Waals surface area contributed by atoms with Crippen LogP contribution in [-0.2, 0) is 0 Å². The van der Waals surface area contributed by atoms with Crippen molar-refractivity contribution < 1.29 is 0 Å². The first-order chi connectivity index (χ1) is 5.38. The zero-order chi connectivity index (χ0) is 7.68. The second kappa shape index (κ2) is 2.82. The van der Waals surface area contributed by atoms with E-state index >= 15 is 0 Å². The van der Waals surface area contributed by atoms with Gasteiger partial charge in [0.05, 0.1) is 0 Å². The Kier molecular flexibility index (Phi) is 1.82. The molecule has 0 saturated carbocycles. The molecule has 0 aromatic heterocycles. The molecule has 0 aliphatic carbocycles. The van der Waals surface area contributed by atoms with Crippen molar-refractivity contribution in [2.24, 2.45) is 0 Å². The summed E-state index contributed by atoms with van der Waals surface area (Å²) in [6.07, 6.45) is 8.31. The number of hydrogen-bond donors (Lipinski definition) is 0. The van der Waals surface area contributed by atoms with Crippen LogP contribution in [-0.4, -0.2) is 24.0 Å². The van der Waals surface area contributed by atoms with E-state index in [1.165, 1.54) is 31.4 Å². The number of piperidine rings is 1. The van der Waals surface area contributed by atoms with E-state index in [9.17, 15) is 0 Å². The first-order valence-corrected chi connectivity index (χ1v) is 4.44. The van der Waals surface area contributed by atoms with E-state index in [0.717, 1.165) is 6.54 Å². The third-order valence-electron chi connectivity index (χ3n) is 2.72. The Labute approximate surface area is 68.4 Å². The van der Waals surface area contributed by atoms with Gasteiger partial charge in [0.15, 0.2) is 0 Å². The van der Waals surface area contributed by atoms with Crippen LogP contribution in [0.3, 0.4) is 0 Å². The zero-order valence-electron chi connectivity index (χ0n) is 6.92. The average Bonchev–Trinajstić information content (AvgIpc) is 2.06. The van der Waals surface area contributed by atoms with Gasteiger partial charge in [0.2, 0.25) is 0 Å². The first-order valence-electron chi connectivity index (χ1n) is 4.44. The lowest BCUT2D eigenvalue weighted by molar-refractivity contribution is 0.204. The molecule has 1 nitrogen and oxygen atoms in total. The highest BCUT2D eigenvalue weighted by Gasteiger charge is 2.24. The summed E-state index contributed by atoms with van der Waals surface area (Å²) in [5.74, 6) is 0. The Hall–Kier alpha value is -0.560. The summed E-state index contributed by atoms with van der Waals surface area (Å²) in [5, 5.41) is 0. The van der Waals surface area contributed by atoms with Crippen LogP contribution < -0.4 is 0 Å². The van der Waals surface area contributed by atoms with Crippen LogP contribution in [0.2, 0.25) is 0 Å². The SMILES string of the molecule is C=C1CCCN2CC=CCC12. The number of fused-ring (bicyclic) bond motifs is 1. The van der Waals surface area contributed by atoms with E-state index in [2.05, 4.69) is 23.6 Å². The van der Waals surface area contributed by atoms with E-state index in [4.69, 9.17) is 0 Å². The molecule has 1 atom stereocenters. The second-order valence-corrected chi connectivity index (χ2v) is 3.48. The van der Waals surface area contributed by atoms with E-state index in [1.54, 1.807) is 0 Å². The summed E-state index contributed by atoms with van der Waals surface area (Å²) in [6.45, 7) is 6.54. The van der Waals surface area contributed by atoms with Crippen LogP contribution in [0.25, 0.3) is 0 Å². The van der Waals surface area contributed by atoms with Crippen molar-refractivity contribution in [3.8, 4) is 0 Å². The molecule has 2 rings (SSSR count). The van der Waals surface area contributed by atoms with Crippen molar-refractivity contribution in [2.75, 3.05) is 13.1 Å². The molecule has 1 saturated heterocycles. The Morgan fingerprint density at radius 2 is 2.36 bits per heavy atom. The summed E-state index contributed by atoms with van der Waals surface area (Å²) in [5.41, 5.74) is 1.45. The third kappa shape index (κ3) is 1.25. The van der Waals surface area contributed by atoms with Crippen LogP contribution in [0.5, 0.6) is 0 Å². The first kappa shape index (κ1) is 7.11. The Balaban J connectivity index is 2.13. The highest BCUT2D eigenvalue weighted by molar-refractivity contribution is 5.14. The molecule has 2 aliphatic heterocycles. The molecule has 11 heavy (non-hydrogen) atoms. The van der Waals surface area contributed by atoms with E-state index in [0.29, 0.717) is 6.04 Å². The fraction of sp³-hybridized carbons (Fsp3) is 0.600. The van der Waals surface area contributed by atoms with Gasteiger partial charge < -0.3 is 0 Å². The maximum atomic E-state index is 4.12. The Bertz CT molecular complexity index is 193. The molecule has 1 unspecified atom stereocenters. The number of nitrogens with zero attached hydrogens (tertiary/aromatic N) is 1. The maximum Gasteiger partial charge on any atom is 0.0342 e. The van der Waals surface area contributed by atoms with Crippen molar-refractivity contribution in [3.63, 3.8) is 0 Å². The minimum Gasteiger partial charge on any atom is -0.293 e. The maximum absolute atomic E-state index is 4.12. The third-order valence-corrected chi connectivity index (χ3v) is 2.72. The van der Waals surface area contributed by atoms with Gasteiger partial charge in [0.25, 0.3) is 0 Å². The lowest BCUT2D eigenvalue weighted by Gasteiger charge is -2.38. The predicted octanol–water partition coefficient (Wildman–Crippen LogP) is 1.97. The average molecular weight is 149 g/mol. The largest absolute Gasteiger partial charge is 0.293 e. The molecule has 0 bridgehead atoms. The van der Waals surface area contributed by atoms with Crippen molar-refractivity contribution in [1.82, 2.24) is 4.90 Å². The summed E-state index contributed by atoms with van der Waals surface area (Å²) in [7, 11) is 0. The van der Waals surface area contributed by atoms with Gasteiger partial charge in [-0.3, -0.25) is 4.90 Å². The zero-order valence-corrected chi connectivity index (χ0v) is 6.92. The van der Waals surface area contributed by atoms with Gasteiger partial charge in [-0.05, 0) is 25.8 Å². The predicted molar refractivity (Wildman–Crippen MR) is 47.5 cm³/mol. The molecule has 0 amide bonds. The van der Waals surface area contributed by atoms with Crippen molar-refractivity contribution >= 4 is 0 Å². The molecular formula is C10H15N. The second-order valence-electron chi connectivity index (χ2n) is 3.48. The van der Waals surface area contributed by atoms with Crippen LogP contribution in [0, 0.1) is 0 Å². The van der Waals surface area contributed by atoms with Crippen molar-refractivity contribution in [1.29, 1.82) is 0 Å². The standard InChI is InChI=1S/C10H15N/c1-9-5-4-8-11-7-3-2-6-10(9)11/h2-3,10H,1,4-8H2. The molecule has 1 heteroatoms. The van der Waals surface area contributed by atoms with Gasteiger partial charge in [-0.15, -0.1) is 0 Å². The monoisotopic (exact) mass is 149 g/mol. The van der Waals surface area contributed by atoms with Gasteiger partial charge in [0.1, 0.15) is 0 Å². The molecule has 0 N–H and O–H groups in total. The van der Waals surface area contributed by atoms with E-state index in [-0.39, 0.29) is 0 Å². The molecule has 0 radical (unpaired) electrons. The minimum atomic E-state index is 0.675. The lowest BCUT2D eigenvalue weighted by atomic mass is 9.92.